The van der Waals surface area contributed by atoms with Gasteiger partial charge in [-0.2, -0.15) is 13.2 Å². The van der Waals surface area contributed by atoms with Crippen molar-refractivity contribution in [2.24, 2.45) is 11.3 Å². The number of anilines is 1. The SMILES string of the molecule is CN[C@H](C(=O)NC(C(=O)N(C)[C@H](/C=C(\C)C(=O)NS(=O)(=O)c1ccc(NC(=O)C(F)(F)F)cc1)C(C)C)C(C)(C)C)C(C)(C)c1ccccc1. The third-order valence-corrected chi connectivity index (χ3v) is 9.70. The maximum absolute atomic E-state index is 14.1. The first kappa shape index (κ1) is 41.9. The van der Waals surface area contributed by atoms with Crippen molar-refractivity contribution in [2.45, 2.75) is 90.0 Å². The van der Waals surface area contributed by atoms with E-state index in [4.69, 9.17) is 0 Å². The van der Waals surface area contributed by atoms with Crippen LogP contribution in [0.15, 0.2) is 71.1 Å². The van der Waals surface area contributed by atoms with Gasteiger partial charge in [0, 0.05) is 23.7 Å². The summed E-state index contributed by atoms with van der Waals surface area (Å²) in [6.07, 6.45) is -3.67. The van der Waals surface area contributed by atoms with Gasteiger partial charge in [0.1, 0.15) is 6.04 Å². The molecule has 4 amide bonds. The zero-order valence-corrected chi connectivity index (χ0v) is 30.8. The van der Waals surface area contributed by atoms with Crippen molar-refractivity contribution < 1.29 is 40.8 Å². The molecule has 50 heavy (non-hydrogen) atoms. The summed E-state index contributed by atoms with van der Waals surface area (Å²) in [6, 6.07) is 10.9. The minimum Gasteiger partial charge on any atom is -0.342 e. The van der Waals surface area contributed by atoms with E-state index in [0.717, 1.165) is 29.8 Å². The predicted molar refractivity (Wildman–Crippen MR) is 185 cm³/mol. The highest BCUT2D eigenvalue weighted by Crippen LogP contribution is 2.29. The predicted octanol–water partition coefficient (Wildman–Crippen LogP) is 4.52. The fraction of sp³-hybridized carbons (Fsp3) is 0.486. The van der Waals surface area contributed by atoms with Crippen LogP contribution < -0.4 is 20.7 Å². The number of hydrogen-bond donors (Lipinski definition) is 4. The van der Waals surface area contributed by atoms with Crippen LogP contribution in [-0.2, 0) is 34.6 Å². The van der Waals surface area contributed by atoms with E-state index in [2.05, 4.69) is 10.6 Å². The fourth-order valence-corrected chi connectivity index (χ4v) is 6.36. The summed E-state index contributed by atoms with van der Waals surface area (Å²) in [5, 5.41) is 7.65. The summed E-state index contributed by atoms with van der Waals surface area (Å²) < 4.78 is 65.3. The number of nitrogens with zero attached hydrogens (tertiary/aromatic N) is 1. The lowest BCUT2D eigenvalue weighted by Gasteiger charge is -2.40. The van der Waals surface area contributed by atoms with Gasteiger partial charge in [0.25, 0.3) is 15.9 Å². The molecule has 0 radical (unpaired) electrons. The third kappa shape index (κ3) is 10.6. The molecule has 15 heteroatoms. The molecule has 0 saturated carbocycles. The molecular formula is C35H48F3N5O6S. The van der Waals surface area contributed by atoms with Gasteiger partial charge in [-0.1, -0.05) is 84.9 Å². The molecule has 0 heterocycles. The number of hydrogen-bond acceptors (Lipinski definition) is 7. The van der Waals surface area contributed by atoms with Crippen molar-refractivity contribution in [3.8, 4) is 0 Å². The van der Waals surface area contributed by atoms with E-state index < -0.39 is 67.8 Å². The van der Waals surface area contributed by atoms with Crippen LogP contribution in [0, 0.1) is 11.3 Å². The molecule has 0 bridgehead atoms. The van der Waals surface area contributed by atoms with Crippen LogP contribution in [0.2, 0.25) is 0 Å². The summed E-state index contributed by atoms with van der Waals surface area (Å²) in [5.41, 5.74) is -0.772. The Kier molecular flexibility index (Phi) is 13.6. The lowest BCUT2D eigenvalue weighted by Crippen LogP contribution is -2.61. The number of halogens is 3. The van der Waals surface area contributed by atoms with E-state index >= 15 is 0 Å². The first-order valence-corrected chi connectivity index (χ1v) is 17.4. The van der Waals surface area contributed by atoms with Crippen molar-refractivity contribution in [2.75, 3.05) is 19.4 Å². The lowest BCUT2D eigenvalue weighted by molar-refractivity contribution is -0.167. The van der Waals surface area contributed by atoms with E-state index in [1.807, 2.05) is 83.5 Å². The maximum Gasteiger partial charge on any atom is 0.471 e. The van der Waals surface area contributed by atoms with Crippen LogP contribution >= 0.6 is 0 Å². The van der Waals surface area contributed by atoms with Crippen molar-refractivity contribution in [3.63, 3.8) is 0 Å². The van der Waals surface area contributed by atoms with E-state index in [9.17, 15) is 40.8 Å². The Morgan fingerprint density at radius 2 is 1.40 bits per heavy atom. The summed E-state index contributed by atoms with van der Waals surface area (Å²) in [4.78, 5) is 53.1. The Labute approximate surface area is 292 Å². The smallest absolute Gasteiger partial charge is 0.342 e. The van der Waals surface area contributed by atoms with E-state index in [1.54, 1.807) is 19.4 Å². The molecule has 2 aromatic rings. The van der Waals surface area contributed by atoms with Gasteiger partial charge in [-0.15, -0.1) is 0 Å². The highest BCUT2D eigenvalue weighted by molar-refractivity contribution is 7.90. The van der Waals surface area contributed by atoms with Gasteiger partial charge in [0.2, 0.25) is 11.8 Å². The van der Waals surface area contributed by atoms with Gasteiger partial charge in [-0.25, -0.2) is 13.1 Å². The number of likely N-dealkylation sites (N-methyl/N-ethyl adjacent to an activating group) is 2. The second-order valence-corrected chi connectivity index (χ2v) is 15.7. The fourth-order valence-electron chi connectivity index (χ4n) is 5.34. The molecule has 3 atom stereocenters. The highest BCUT2D eigenvalue weighted by Gasteiger charge is 2.42. The summed E-state index contributed by atoms with van der Waals surface area (Å²) in [5.74, 6) is -4.27. The normalized spacial score (nSPS) is 14.7. The number of sulfonamides is 1. The van der Waals surface area contributed by atoms with Crippen molar-refractivity contribution in [1.82, 2.24) is 20.3 Å². The zero-order chi connectivity index (χ0) is 38.4. The molecule has 1 unspecified atom stereocenters. The number of amides is 4. The second-order valence-electron chi connectivity index (χ2n) is 14.1. The molecule has 0 spiro atoms. The first-order chi connectivity index (χ1) is 22.8. The quantitative estimate of drug-likeness (QED) is 0.222. The zero-order valence-electron chi connectivity index (χ0n) is 30.0. The standard InChI is InChI=1S/C35H48F3N5O6S/c1-21(2)26(20-22(3)29(44)42-50(48,49)25-18-16-24(17-19-25)40-32(47)35(36,37)38)43(10)31(46)28(33(4,5)6)41-30(45)27(39-9)34(7,8)23-14-12-11-13-15-23/h11-21,26-28,39H,1-10H3,(H,40,47)(H,41,45)(H,42,44)/b22-20+/t26-,27-,28?/m1/s1. The molecule has 2 rings (SSSR count). The first-order valence-electron chi connectivity index (χ1n) is 15.9. The van der Waals surface area contributed by atoms with Gasteiger partial charge >= 0.3 is 12.1 Å². The van der Waals surface area contributed by atoms with Crippen LogP contribution in [0.3, 0.4) is 0 Å². The van der Waals surface area contributed by atoms with Crippen LogP contribution in [0.4, 0.5) is 18.9 Å². The molecule has 4 N–H and O–H groups in total. The van der Waals surface area contributed by atoms with Gasteiger partial charge < -0.3 is 20.9 Å². The van der Waals surface area contributed by atoms with Crippen molar-refractivity contribution in [3.05, 3.63) is 71.8 Å². The minimum absolute atomic E-state index is 0.0304. The minimum atomic E-state index is -5.13. The third-order valence-electron chi connectivity index (χ3n) is 8.35. The van der Waals surface area contributed by atoms with E-state index in [0.29, 0.717) is 0 Å². The summed E-state index contributed by atoms with van der Waals surface area (Å²) in [6.45, 7) is 14.3. The number of rotatable bonds is 13. The maximum atomic E-state index is 14.1. The molecule has 0 aliphatic rings. The van der Waals surface area contributed by atoms with Crippen LogP contribution in [0.5, 0.6) is 0 Å². The Morgan fingerprint density at radius 1 is 0.860 bits per heavy atom. The molecule has 276 valence electrons. The van der Waals surface area contributed by atoms with Gasteiger partial charge in [0.05, 0.1) is 17.0 Å². The average molecular weight is 724 g/mol. The number of alkyl halides is 3. The monoisotopic (exact) mass is 723 g/mol. The Morgan fingerprint density at radius 3 is 1.86 bits per heavy atom. The van der Waals surface area contributed by atoms with Gasteiger partial charge in [0.15, 0.2) is 0 Å². The van der Waals surface area contributed by atoms with Crippen LogP contribution in [0.1, 0.15) is 61.0 Å². The van der Waals surface area contributed by atoms with Crippen LogP contribution in [-0.4, -0.2) is 75.3 Å². The van der Waals surface area contributed by atoms with Gasteiger partial charge in [-0.05, 0) is 55.1 Å². The van der Waals surface area contributed by atoms with Crippen molar-refractivity contribution >= 4 is 39.3 Å². The number of carbonyl (C=O) groups is 4. The largest absolute Gasteiger partial charge is 0.471 e. The molecular weight excluding hydrogens is 675 g/mol. The Hall–Kier alpha value is -4.24. The average Bonchev–Trinajstić information content (AvgIpc) is 3.01. The van der Waals surface area contributed by atoms with Crippen LogP contribution in [0.25, 0.3) is 0 Å². The molecule has 0 aliphatic carbocycles. The Bertz CT molecular complexity index is 1670. The molecule has 0 aliphatic heterocycles. The second kappa shape index (κ2) is 16.2. The molecule has 0 aromatic heterocycles. The van der Waals surface area contributed by atoms with E-state index in [1.165, 1.54) is 17.9 Å². The van der Waals surface area contributed by atoms with Gasteiger partial charge in [-0.3, -0.25) is 19.2 Å². The topological polar surface area (TPSA) is 154 Å². The highest BCUT2D eigenvalue weighted by atomic mass is 32.2. The summed E-state index contributed by atoms with van der Waals surface area (Å²) >= 11 is 0. The molecule has 2 aromatic carbocycles. The molecule has 11 nitrogen and oxygen atoms in total. The Balaban J connectivity index is 2.29. The number of carbonyl (C=O) groups excluding carboxylic acids is 4. The van der Waals surface area contributed by atoms with Crippen molar-refractivity contribution in [1.29, 1.82) is 0 Å². The molecule has 0 fully saturated rings. The number of nitrogens with one attached hydrogen (secondary N) is 4. The number of benzene rings is 2. The lowest BCUT2D eigenvalue weighted by atomic mass is 9.76. The van der Waals surface area contributed by atoms with E-state index in [-0.39, 0.29) is 23.1 Å². The molecule has 0 saturated heterocycles. The summed E-state index contributed by atoms with van der Waals surface area (Å²) in [7, 11) is -1.25.